The molecule has 0 atom stereocenters. The molecule has 1 heterocycles. The summed E-state index contributed by atoms with van der Waals surface area (Å²) < 4.78 is 20.4. The van der Waals surface area contributed by atoms with E-state index in [1.165, 1.54) is 6.20 Å². The Morgan fingerprint density at radius 3 is 2.67 bits per heavy atom. The summed E-state index contributed by atoms with van der Waals surface area (Å²) in [6, 6.07) is 0. The highest BCUT2D eigenvalue weighted by Crippen LogP contribution is 2.40. The van der Waals surface area contributed by atoms with Crippen LogP contribution >= 0.6 is 10.8 Å². The average molecular weight is 192 g/mol. The topological polar surface area (TPSA) is 82.3 Å². The van der Waals surface area contributed by atoms with Crippen molar-refractivity contribution in [1.82, 2.24) is 19.8 Å². The van der Waals surface area contributed by atoms with Crippen molar-refractivity contribution in [2.24, 2.45) is 7.05 Å². The highest BCUT2D eigenvalue weighted by molar-refractivity contribution is 8.22. The quantitative estimate of drug-likeness (QED) is 0.513. The normalized spacial score (nSPS) is 13.3. The first kappa shape index (κ1) is 9.49. The molecule has 0 aromatic carbocycles. The smallest absolute Gasteiger partial charge is 0.238 e. The van der Waals surface area contributed by atoms with Crippen LogP contribution < -0.4 is 10.3 Å². The monoisotopic (exact) mass is 192 g/mol. The molecule has 0 bridgehead atoms. The number of aromatic nitrogens is 2. The minimum atomic E-state index is -3.01. The Morgan fingerprint density at radius 1 is 1.58 bits per heavy atom. The summed E-state index contributed by atoms with van der Waals surface area (Å²) in [5, 5.41) is 0.205. The largest absolute Gasteiger partial charge is 0.320 e. The van der Waals surface area contributed by atoms with Gasteiger partial charge in [-0.05, 0) is 0 Å². The standard InChI is InChI=1S/C5H12N4O2S/c1-6-8-12(10,11)5-7-3-4-9(5)2/h3-4,6,8,10-11H,1-2H3. The van der Waals surface area contributed by atoms with Gasteiger partial charge in [-0.15, -0.1) is 4.83 Å². The van der Waals surface area contributed by atoms with E-state index < -0.39 is 10.8 Å². The van der Waals surface area contributed by atoms with Gasteiger partial charge in [0.05, 0.1) is 0 Å². The molecule has 7 heteroatoms. The van der Waals surface area contributed by atoms with Crippen LogP contribution in [0.1, 0.15) is 0 Å². The molecule has 6 nitrogen and oxygen atoms in total. The summed E-state index contributed by atoms with van der Waals surface area (Å²) in [5.41, 5.74) is 2.46. The van der Waals surface area contributed by atoms with Crippen LogP contribution in [0.5, 0.6) is 0 Å². The summed E-state index contributed by atoms with van der Waals surface area (Å²) in [5.74, 6) is 0. The fourth-order valence-corrected chi connectivity index (χ4v) is 1.86. The molecule has 1 aromatic rings. The summed E-state index contributed by atoms with van der Waals surface area (Å²) in [7, 11) is 0.234. The summed E-state index contributed by atoms with van der Waals surface area (Å²) in [6.07, 6.45) is 3.14. The Balaban J connectivity index is 2.88. The van der Waals surface area contributed by atoms with Gasteiger partial charge in [-0.3, -0.25) is 9.11 Å². The minimum Gasteiger partial charge on any atom is -0.320 e. The molecule has 0 radical (unpaired) electrons. The van der Waals surface area contributed by atoms with Crippen LogP contribution in [0.2, 0.25) is 0 Å². The van der Waals surface area contributed by atoms with Crippen LogP contribution in [0.4, 0.5) is 0 Å². The fourth-order valence-electron chi connectivity index (χ4n) is 0.814. The number of hydrogen-bond acceptors (Lipinski definition) is 5. The Hall–Kier alpha value is -0.600. The van der Waals surface area contributed by atoms with Crippen molar-refractivity contribution in [1.29, 1.82) is 0 Å². The van der Waals surface area contributed by atoms with E-state index in [0.29, 0.717) is 0 Å². The molecular weight excluding hydrogens is 180 g/mol. The second-order valence-electron chi connectivity index (χ2n) is 2.22. The van der Waals surface area contributed by atoms with Crippen molar-refractivity contribution < 1.29 is 9.11 Å². The van der Waals surface area contributed by atoms with Crippen LogP contribution in [-0.4, -0.2) is 25.7 Å². The van der Waals surface area contributed by atoms with Crippen molar-refractivity contribution in [3.63, 3.8) is 0 Å². The van der Waals surface area contributed by atoms with Crippen LogP contribution in [0, 0.1) is 0 Å². The zero-order valence-corrected chi connectivity index (χ0v) is 7.67. The molecule has 0 amide bonds. The van der Waals surface area contributed by atoms with Gasteiger partial charge in [-0.1, -0.05) is 10.8 Å². The van der Waals surface area contributed by atoms with Gasteiger partial charge >= 0.3 is 0 Å². The first-order valence-corrected chi connectivity index (χ1v) is 4.81. The van der Waals surface area contributed by atoms with E-state index in [1.54, 1.807) is 24.9 Å². The third-order valence-electron chi connectivity index (χ3n) is 1.28. The maximum atomic E-state index is 9.44. The summed E-state index contributed by atoms with van der Waals surface area (Å²) in [6.45, 7) is 0. The molecule has 0 aliphatic carbocycles. The molecule has 0 aliphatic rings. The van der Waals surface area contributed by atoms with E-state index in [4.69, 9.17) is 0 Å². The van der Waals surface area contributed by atoms with Gasteiger partial charge in [0.15, 0.2) is 0 Å². The predicted octanol–water partition coefficient (Wildman–Crippen LogP) is 0.169. The molecule has 0 aliphatic heterocycles. The van der Waals surface area contributed by atoms with Gasteiger partial charge in [0, 0.05) is 26.5 Å². The summed E-state index contributed by atoms with van der Waals surface area (Å²) in [4.78, 5) is 6.13. The van der Waals surface area contributed by atoms with Gasteiger partial charge in [0.25, 0.3) is 0 Å². The number of hydrazine groups is 1. The molecule has 1 rings (SSSR count). The Labute approximate surface area is 72.1 Å². The van der Waals surface area contributed by atoms with Gasteiger partial charge in [0.2, 0.25) is 5.16 Å². The third-order valence-corrected chi connectivity index (χ3v) is 2.67. The molecule has 0 unspecified atom stereocenters. The van der Waals surface area contributed by atoms with Crippen LogP contribution in [0.15, 0.2) is 17.6 Å². The lowest BCUT2D eigenvalue weighted by Gasteiger charge is -2.30. The third kappa shape index (κ3) is 1.76. The predicted molar refractivity (Wildman–Crippen MR) is 46.5 cm³/mol. The van der Waals surface area contributed by atoms with Crippen LogP contribution in [-0.2, 0) is 7.05 Å². The Morgan fingerprint density at radius 2 is 2.25 bits per heavy atom. The molecule has 1 aromatic heterocycles. The highest BCUT2D eigenvalue weighted by atomic mass is 32.3. The maximum absolute atomic E-state index is 9.44. The van der Waals surface area contributed by atoms with Crippen molar-refractivity contribution >= 4 is 10.8 Å². The zero-order valence-electron chi connectivity index (χ0n) is 6.85. The number of imidazole rings is 1. The average Bonchev–Trinajstić information content (AvgIpc) is 2.35. The van der Waals surface area contributed by atoms with E-state index in [2.05, 4.69) is 15.2 Å². The Kier molecular flexibility index (Phi) is 2.70. The number of aryl methyl sites for hydroxylation is 1. The van der Waals surface area contributed by atoms with E-state index in [-0.39, 0.29) is 5.16 Å². The first-order valence-electron chi connectivity index (χ1n) is 3.27. The molecular formula is C5H12N4O2S. The second kappa shape index (κ2) is 3.42. The van der Waals surface area contributed by atoms with Gasteiger partial charge < -0.3 is 4.57 Å². The van der Waals surface area contributed by atoms with Crippen molar-refractivity contribution in [2.45, 2.75) is 5.16 Å². The lowest BCUT2D eigenvalue weighted by Crippen LogP contribution is -2.32. The lowest BCUT2D eigenvalue weighted by molar-refractivity contribution is 0.445. The lowest BCUT2D eigenvalue weighted by atomic mass is 10.9. The number of rotatable bonds is 3. The van der Waals surface area contributed by atoms with E-state index in [9.17, 15) is 9.11 Å². The number of nitrogens with zero attached hydrogens (tertiary/aromatic N) is 2. The summed E-state index contributed by atoms with van der Waals surface area (Å²) >= 11 is 0. The molecule has 0 saturated heterocycles. The van der Waals surface area contributed by atoms with Crippen LogP contribution in [0.25, 0.3) is 0 Å². The molecule has 0 fully saturated rings. The van der Waals surface area contributed by atoms with E-state index in [0.717, 1.165) is 0 Å². The second-order valence-corrected chi connectivity index (χ2v) is 3.89. The first-order chi connectivity index (χ1) is 5.58. The molecule has 70 valence electrons. The maximum Gasteiger partial charge on any atom is 0.238 e. The van der Waals surface area contributed by atoms with Gasteiger partial charge in [0.1, 0.15) is 0 Å². The van der Waals surface area contributed by atoms with Crippen molar-refractivity contribution in [3.8, 4) is 0 Å². The van der Waals surface area contributed by atoms with E-state index in [1.807, 2.05) is 0 Å². The molecule has 0 saturated carbocycles. The molecule has 4 N–H and O–H groups in total. The van der Waals surface area contributed by atoms with Crippen molar-refractivity contribution in [2.75, 3.05) is 7.05 Å². The minimum absolute atomic E-state index is 0.205. The van der Waals surface area contributed by atoms with Crippen molar-refractivity contribution in [3.05, 3.63) is 12.4 Å². The highest BCUT2D eigenvalue weighted by Gasteiger charge is 2.18. The molecule has 12 heavy (non-hydrogen) atoms. The van der Waals surface area contributed by atoms with Gasteiger partial charge in [-0.2, -0.15) is 0 Å². The van der Waals surface area contributed by atoms with Gasteiger partial charge in [-0.25, -0.2) is 10.4 Å². The number of nitrogens with one attached hydrogen (secondary N) is 2. The SMILES string of the molecule is CNNS(O)(O)c1nccn1C. The Bertz CT molecular complexity index is 262. The molecule has 0 spiro atoms. The zero-order chi connectivity index (χ0) is 9.19. The fraction of sp³-hybridized carbons (Fsp3) is 0.400. The van der Waals surface area contributed by atoms with E-state index >= 15 is 0 Å². The number of hydrogen-bond donors (Lipinski definition) is 4. The van der Waals surface area contributed by atoms with Crippen LogP contribution in [0.3, 0.4) is 0 Å².